The van der Waals surface area contributed by atoms with Crippen LogP contribution >= 0.6 is 6.89 Å². The van der Waals surface area contributed by atoms with Gasteiger partial charge in [-0.2, -0.15) is 0 Å². The van der Waals surface area contributed by atoms with Gasteiger partial charge >= 0.3 is 5.69 Å². The van der Waals surface area contributed by atoms with E-state index < -0.39 is 49.3 Å². The van der Waals surface area contributed by atoms with E-state index in [1.807, 2.05) is 0 Å². The highest BCUT2D eigenvalue weighted by Crippen LogP contribution is 2.39. The van der Waals surface area contributed by atoms with Gasteiger partial charge in [0, 0.05) is 6.20 Å². The lowest BCUT2D eigenvalue weighted by atomic mass is 10.1. The third-order valence-electron chi connectivity index (χ3n) is 3.84. The Morgan fingerprint density at radius 3 is 2.57 bits per heavy atom. The van der Waals surface area contributed by atoms with Gasteiger partial charge in [0.2, 0.25) is 0 Å². The van der Waals surface area contributed by atoms with Crippen molar-refractivity contribution in [2.75, 3.05) is 19.5 Å². The van der Waals surface area contributed by atoms with Crippen LogP contribution in [0.15, 0.2) is 15.8 Å². The fourth-order valence-corrected chi connectivity index (χ4v) is 3.46. The third kappa shape index (κ3) is 4.02. The Balaban J connectivity index is 2.26. The molecule has 4 N–H and O–H groups in total. The zero-order valence-electron chi connectivity index (χ0n) is 13.2. The molecular weight excluding hydrogens is 323 g/mol. The Labute approximate surface area is 133 Å². The largest absolute Gasteiger partial charge is 0.391 e. The van der Waals surface area contributed by atoms with E-state index in [9.17, 15) is 19.8 Å². The van der Waals surface area contributed by atoms with E-state index in [1.165, 1.54) is 0 Å². The van der Waals surface area contributed by atoms with Crippen molar-refractivity contribution >= 4 is 13.2 Å². The number of rotatable bonds is 5. The second-order valence-corrected chi connectivity index (χ2v) is 10.8. The molecule has 130 valence electrons. The van der Waals surface area contributed by atoms with E-state index >= 15 is 0 Å². The van der Waals surface area contributed by atoms with Gasteiger partial charge in [-0.15, -0.1) is 13.2 Å². The van der Waals surface area contributed by atoms with Crippen molar-refractivity contribution in [1.29, 1.82) is 0 Å². The Morgan fingerprint density at radius 1 is 1.35 bits per heavy atom. The highest BCUT2D eigenvalue weighted by atomic mass is 31.2. The molecule has 1 unspecified atom stereocenters. The molecule has 23 heavy (non-hydrogen) atoms. The first-order valence-electron chi connectivity index (χ1n) is 7.28. The van der Waals surface area contributed by atoms with Crippen LogP contribution in [0.1, 0.15) is 18.2 Å². The van der Waals surface area contributed by atoms with Gasteiger partial charge in [-0.25, -0.2) is 4.79 Å². The molecule has 0 aromatic carbocycles. The number of ether oxygens (including phenoxy) is 1. The van der Waals surface area contributed by atoms with Crippen LogP contribution < -0.4 is 11.2 Å². The van der Waals surface area contributed by atoms with E-state index in [4.69, 9.17) is 9.84 Å². The number of hydrogen-bond donors (Lipinski definition) is 4. The molecule has 2 rings (SSSR count). The summed E-state index contributed by atoms with van der Waals surface area (Å²) in [5.74, 6) is 0. The zero-order chi connectivity index (χ0) is 17.4. The highest BCUT2D eigenvalue weighted by molar-refractivity contribution is 7.72. The molecule has 1 aromatic heterocycles. The number of aromatic amines is 1. The van der Waals surface area contributed by atoms with E-state index in [1.54, 1.807) is 0 Å². The van der Waals surface area contributed by atoms with Gasteiger partial charge in [0.05, 0.1) is 18.3 Å². The molecule has 0 amide bonds. The predicted octanol–water partition coefficient (Wildman–Crippen LogP) is -1.25. The lowest BCUT2D eigenvalue weighted by Crippen LogP contribution is -2.38. The molecular formula is C14H23N2O6P. The molecule has 9 heteroatoms. The smallest absolute Gasteiger partial charge is 0.330 e. The summed E-state index contributed by atoms with van der Waals surface area (Å²) in [6.45, 7) is 2.26. The first-order valence-corrected chi connectivity index (χ1v) is 10.3. The summed E-state index contributed by atoms with van der Waals surface area (Å²) in [7, 11) is 0. The number of hydrogen-bond acceptors (Lipinski definition) is 6. The van der Waals surface area contributed by atoms with Crippen molar-refractivity contribution < 1.29 is 20.1 Å². The lowest BCUT2D eigenvalue weighted by Gasteiger charge is -2.19. The van der Waals surface area contributed by atoms with E-state index in [0.717, 1.165) is 16.9 Å². The Bertz CT molecular complexity index is 721. The molecule has 0 saturated carbocycles. The SMILES string of the molecule is C=P(C)(C)CC[C@H]1OC(n2cc(CO)c(=O)[nH]c2=O)[C@H](O)[C@@H]1O. The average molecular weight is 346 g/mol. The fraction of sp³-hybridized carbons (Fsp3) is 0.643. The second kappa shape index (κ2) is 6.75. The Hall–Kier alpha value is -1.18. The first-order chi connectivity index (χ1) is 10.6. The second-order valence-electron chi connectivity index (χ2n) is 6.47. The van der Waals surface area contributed by atoms with Crippen molar-refractivity contribution in [2.24, 2.45) is 0 Å². The van der Waals surface area contributed by atoms with Gasteiger partial charge in [0.25, 0.3) is 5.56 Å². The number of aliphatic hydroxyl groups excluding tert-OH is 3. The van der Waals surface area contributed by atoms with Crippen molar-refractivity contribution in [3.63, 3.8) is 0 Å². The van der Waals surface area contributed by atoms with E-state index in [-0.39, 0.29) is 5.56 Å². The fourth-order valence-electron chi connectivity index (χ4n) is 2.50. The van der Waals surface area contributed by atoms with E-state index in [2.05, 4.69) is 24.6 Å². The highest BCUT2D eigenvalue weighted by Gasteiger charge is 2.43. The first kappa shape index (κ1) is 18.2. The summed E-state index contributed by atoms with van der Waals surface area (Å²) in [6.07, 6.45) is 2.35. The molecule has 0 bridgehead atoms. The summed E-state index contributed by atoms with van der Waals surface area (Å²) in [5, 5.41) is 29.4. The number of nitrogens with zero attached hydrogens (tertiary/aromatic N) is 1. The number of aliphatic hydroxyl groups is 3. The summed E-state index contributed by atoms with van der Waals surface area (Å²) in [5.41, 5.74) is -1.49. The van der Waals surface area contributed by atoms with Gasteiger partial charge in [0.1, 0.15) is 12.2 Å². The average Bonchev–Trinajstić information content (AvgIpc) is 2.73. The minimum absolute atomic E-state index is 0.0249. The summed E-state index contributed by atoms with van der Waals surface area (Å²) < 4.78 is 6.63. The standard InChI is InChI=1S/C14H23N2O6P/c1-23(2,3)5-4-9-10(18)11(19)13(22-9)16-6-8(7-17)12(20)15-14(16)21/h6,9-11,13,17-19H,1,4-5,7H2,2-3H3,(H,15,20,21)/t9-,10-,11-,13?/m1/s1. The van der Waals surface area contributed by atoms with Gasteiger partial charge in [-0.3, -0.25) is 14.3 Å². The van der Waals surface area contributed by atoms with Crippen LogP contribution in [0.4, 0.5) is 0 Å². The Kier molecular flexibility index (Phi) is 5.33. The Morgan fingerprint density at radius 2 is 2.00 bits per heavy atom. The van der Waals surface area contributed by atoms with Crippen molar-refractivity contribution in [3.05, 3.63) is 32.6 Å². The molecule has 0 radical (unpaired) electrons. The molecule has 0 aliphatic carbocycles. The quantitative estimate of drug-likeness (QED) is 0.494. The molecule has 8 nitrogen and oxygen atoms in total. The number of nitrogens with one attached hydrogen (secondary N) is 1. The molecule has 1 fully saturated rings. The summed E-state index contributed by atoms with van der Waals surface area (Å²) in [4.78, 5) is 25.5. The van der Waals surface area contributed by atoms with Crippen LogP contribution in [0.25, 0.3) is 0 Å². The van der Waals surface area contributed by atoms with Gasteiger partial charge in [-0.1, -0.05) is 0 Å². The number of H-pyrrole nitrogens is 1. The van der Waals surface area contributed by atoms with Gasteiger partial charge in [0.15, 0.2) is 6.23 Å². The topological polar surface area (TPSA) is 125 Å². The molecule has 2 heterocycles. The predicted molar refractivity (Wildman–Crippen MR) is 88.5 cm³/mol. The van der Waals surface area contributed by atoms with Crippen LogP contribution in [0.3, 0.4) is 0 Å². The zero-order valence-corrected chi connectivity index (χ0v) is 14.1. The maximum absolute atomic E-state index is 11.9. The summed E-state index contributed by atoms with van der Waals surface area (Å²) >= 11 is 0. The van der Waals surface area contributed by atoms with Gasteiger partial charge in [-0.05, 0) is 25.9 Å². The van der Waals surface area contributed by atoms with Crippen molar-refractivity contribution in [3.8, 4) is 0 Å². The third-order valence-corrected chi connectivity index (χ3v) is 5.31. The molecule has 0 spiro atoms. The van der Waals surface area contributed by atoms with Crippen molar-refractivity contribution in [2.45, 2.75) is 37.6 Å². The minimum atomic E-state index is -1.31. The maximum atomic E-state index is 11.9. The van der Waals surface area contributed by atoms with Crippen LogP contribution in [-0.2, 0) is 11.3 Å². The maximum Gasteiger partial charge on any atom is 0.330 e. The van der Waals surface area contributed by atoms with Crippen molar-refractivity contribution in [1.82, 2.24) is 9.55 Å². The molecule has 1 saturated heterocycles. The lowest BCUT2D eigenvalue weighted by molar-refractivity contribution is -0.0405. The normalized spacial score (nSPS) is 28.2. The minimum Gasteiger partial charge on any atom is -0.391 e. The number of aromatic nitrogens is 2. The summed E-state index contributed by atoms with van der Waals surface area (Å²) in [6, 6.07) is 0. The van der Waals surface area contributed by atoms with E-state index in [0.29, 0.717) is 6.42 Å². The monoisotopic (exact) mass is 346 g/mol. The van der Waals surface area contributed by atoms with Crippen LogP contribution in [0, 0.1) is 0 Å². The molecule has 1 aliphatic heterocycles. The van der Waals surface area contributed by atoms with Crippen LogP contribution in [0.2, 0.25) is 0 Å². The van der Waals surface area contributed by atoms with Gasteiger partial charge < -0.3 is 20.1 Å². The van der Waals surface area contributed by atoms with Crippen LogP contribution in [0.5, 0.6) is 0 Å². The van der Waals surface area contributed by atoms with Crippen LogP contribution in [-0.4, -0.2) is 69.0 Å². The molecule has 1 aliphatic rings. The molecule has 4 atom stereocenters. The molecule has 1 aromatic rings.